The van der Waals surface area contributed by atoms with Crippen LogP contribution in [-0.4, -0.2) is 79.5 Å². The number of hydrogen-bond acceptors (Lipinski definition) is 8. The molecule has 0 bridgehead atoms. The van der Waals surface area contributed by atoms with Gasteiger partial charge < -0.3 is 35.4 Å². The normalized spacial score (nSPS) is 36.8. The fourth-order valence-electron chi connectivity index (χ4n) is 1.90. The molecule has 6 N–H and O–H groups in total. The Bertz CT molecular complexity index is 414. The van der Waals surface area contributed by atoms with Crippen LogP contribution in [0.5, 0.6) is 0 Å². The third-order valence-corrected chi connectivity index (χ3v) is 2.98. The maximum atomic E-state index is 10.9. The Kier molecular flexibility index (Phi) is 5.25. The predicted molar refractivity (Wildman–Crippen MR) is 60.1 cm³/mol. The Morgan fingerprint density at radius 1 is 1.55 bits per heavy atom. The van der Waals surface area contributed by atoms with Crippen LogP contribution in [0.3, 0.4) is 0 Å². The van der Waals surface area contributed by atoms with Crippen LogP contribution < -0.4 is 0 Å². The molecule has 6 atom stereocenters. The highest BCUT2D eigenvalue weighted by Gasteiger charge is 2.53. The molecule has 11 heteroatoms. The maximum absolute atomic E-state index is 10.9. The quantitative estimate of drug-likeness (QED) is 0.179. The van der Waals surface area contributed by atoms with Crippen molar-refractivity contribution in [3.63, 3.8) is 0 Å². The molecular weight excluding hydrogens is 278 g/mol. The number of hydrogen-bond donors (Lipinski definition) is 6. The van der Waals surface area contributed by atoms with Gasteiger partial charge in [0.15, 0.2) is 0 Å². The van der Waals surface area contributed by atoms with Gasteiger partial charge in [-0.05, 0) is 5.53 Å². The van der Waals surface area contributed by atoms with Crippen LogP contribution in [0.25, 0.3) is 10.4 Å². The van der Waals surface area contributed by atoms with E-state index in [0.29, 0.717) is 0 Å². The monoisotopic (exact) mass is 293 g/mol. The van der Waals surface area contributed by atoms with E-state index in [1.165, 1.54) is 0 Å². The number of carbonyl (C=O) groups is 1. The number of aliphatic carboxylic acids is 1. The molecule has 0 aromatic rings. The molecule has 0 saturated carbocycles. The molecule has 114 valence electrons. The second kappa shape index (κ2) is 6.33. The van der Waals surface area contributed by atoms with Gasteiger partial charge in [0.2, 0.25) is 0 Å². The average molecular weight is 293 g/mol. The van der Waals surface area contributed by atoms with E-state index < -0.39 is 55.2 Å². The Morgan fingerprint density at radius 2 is 2.15 bits per heavy atom. The summed E-state index contributed by atoms with van der Waals surface area (Å²) in [6.07, 6.45) is -7.73. The van der Waals surface area contributed by atoms with Gasteiger partial charge in [-0.1, -0.05) is 5.11 Å². The molecule has 1 aliphatic heterocycles. The van der Waals surface area contributed by atoms with Crippen LogP contribution in [0.1, 0.15) is 6.42 Å². The van der Waals surface area contributed by atoms with Crippen LogP contribution in [0.4, 0.5) is 0 Å². The Balaban J connectivity index is 3.10. The van der Waals surface area contributed by atoms with Crippen LogP contribution in [0, 0.1) is 0 Å². The highest BCUT2D eigenvalue weighted by Crippen LogP contribution is 2.32. The first-order valence-electron chi connectivity index (χ1n) is 5.59. The minimum Gasteiger partial charge on any atom is -0.477 e. The molecule has 0 radical (unpaired) electrons. The van der Waals surface area contributed by atoms with Gasteiger partial charge in [-0.25, -0.2) is 4.79 Å². The minimum absolute atomic E-state index is 0.787. The number of nitrogens with zero attached hydrogens (tertiary/aromatic N) is 3. The summed E-state index contributed by atoms with van der Waals surface area (Å²) >= 11 is 0. The molecular formula is C9H15N3O8. The van der Waals surface area contributed by atoms with E-state index in [1.54, 1.807) is 0 Å². The predicted octanol–water partition coefficient (Wildman–Crippen LogP) is -2.70. The van der Waals surface area contributed by atoms with Gasteiger partial charge >= 0.3 is 5.97 Å². The minimum atomic E-state index is -2.80. The summed E-state index contributed by atoms with van der Waals surface area (Å²) in [5.74, 6) is -4.62. The van der Waals surface area contributed by atoms with E-state index in [2.05, 4.69) is 10.0 Å². The maximum Gasteiger partial charge on any atom is 0.364 e. The Hall–Kier alpha value is -1.46. The summed E-state index contributed by atoms with van der Waals surface area (Å²) in [6, 6.07) is -1.43. The lowest BCUT2D eigenvalue weighted by atomic mass is 9.89. The van der Waals surface area contributed by atoms with E-state index in [1.807, 2.05) is 0 Å². The Labute approximate surface area is 112 Å². The molecule has 0 spiro atoms. The van der Waals surface area contributed by atoms with Crippen molar-refractivity contribution in [2.24, 2.45) is 5.11 Å². The van der Waals surface area contributed by atoms with Crippen molar-refractivity contribution in [1.29, 1.82) is 0 Å². The van der Waals surface area contributed by atoms with Gasteiger partial charge in [0.05, 0.1) is 18.8 Å². The molecule has 1 saturated heterocycles. The number of aliphatic hydroxyl groups excluding tert-OH is 4. The molecule has 0 amide bonds. The summed E-state index contributed by atoms with van der Waals surface area (Å²) in [7, 11) is 0. The van der Waals surface area contributed by atoms with Crippen molar-refractivity contribution in [2.45, 2.75) is 42.7 Å². The van der Waals surface area contributed by atoms with E-state index in [-0.39, 0.29) is 0 Å². The highest BCUT2D eigenvalue weighted by atomic mass is 16.7. The van der Waals surface area contributed by atoms with Crippen LogP contribution in [-0.2, 0) is 9.53 Å². The second-order valence-electron chi connectivity index (χ2n) is 4.38. The number of azide groups is 1. The zero-order chi connectivity index (χ0) is 15.5. The van der Waals surface area contributed by atoms with Gasteiger partial charge in [0.25, 0.3) is 5.79 Å². The van der Waals surface area contributed by atoms with Crippen LogP contribution in [0.15, 0.2) is 5.11 Å². The molecule has 0 aliphatic carbocycles. The van der Waals surface area contributed by atoms with Gasteiger partial charge in [0, 0.05) is 11.3 Å². The summed E-state index contributed by atoms with van der Waals surface area (Å²) < 4.78 is 4.77. The molecule has 5 unspecified atom stereocenters. The van der Waals surface area contributed by atoms with E-state index in [9.17, 15) is 25.2 Å². The fourth-order valence-corrected chi connectivity index (χ4v) is 1.90. The topological polar surface area (TPSA) is 196 Å². The summed E-state index contributed by atoms with van der Waals surface area (Å²) in [6.45, 7) is -0.883. The van der Waals surface area contributed by atoms with Crippen LogP contribution >= 0.6 is 0 Å². The van der Waals surface area contributed by atoms with Crippen molar-refractivity contribution < 1.29 is 40.2 Å². The first-order valence-corrected chi connectivity index (χ1v) is 5.59. The number of rotatable bonds is 5. The number of ether oxygens (including phenoxy) is 1. The van der Waals surface area contributed by atoms with E-state index in [4.69, 9.17) is 20.5 Å². The SMILES string of the molecule is [N-]=[N+]=N[C@@H]1C(O)CC(O)(C(=O)O)OC1C(O)C(O)CO. The van der Waals surface area contributed by atoms with Crippen molar-refractivity contribution in [3.8, 4) is 0 Å². The lowest BCUT2D eigenvalue weighted by Crippen LogP contribution is -2.62. The zero-order valence-corrected chi connectivity index (χ0v) is 10.1. The molecule has 1 heterocycles. The van der Waals surface area contributed by atoms with Crippen molar-refractivity contribution in [3.05, 3.63) is 10.4 Å². The highest BCUT2D eigenvalue weighted by molar-refractivity contribution is 5.75. The number of carboxylic acids is 1. The van der Waals surface area contributed by atoms with Gasteiger partial charge in [0.1, 0.15) is 18.3 Å². The second-order valence-corrected chi connectivity index (χ2v) is 4.38. The lowest BCUT2D eigenvalue weighted by molar-refractivity contribution is -0.292. The number of aliphatic hydroxyl groups is 5. The van der Waals surface area contributed by atoms with Crippen LogP contribution in [0.2, 0.25) is 0 Å². The summed E-state index contributed by atoms with van der Waals surface area (Å²) in [4.78, 5) is 13.3. The van der Waals surface area contributed by atoms with E-state index >= 15 is 0 Å². The average Bonchev–Trinajstić information content (AvgIpc) is 2.39. The zero-order valence-electron chi connectivity index (χ0n) is 10.1. The van der Waals surface area contributed by atoms with Gasteiger partial charge in [-0.3, -0.25) is 0 Å². The molecule has 0 aromatic carbocycles. The molecule has 20 heavy (non-hydrogen) atoms. The van der Waals surface area contributed by atoms with Crippen molar-refractivity contribution >= 4 is 5.97 Å². The van der Waals surface area contributed by atoms with Gasteiger partial charge in [-0.15, -0.1) is 0 Å². The number of carboxylic acid groups (broad SMARTS) is 1. The van der Waals surface area contributed by atoms with Crippen molar-refractivity contribution in [1.82, 2.24) is 0 Å². The summed E-state index contributed by atoms with van der Waals surface area (Å²) in [5, 5.41) is 59.3. The molecule has 11 nitrogen and oxygen atoms in total. The van der Waals surface area contributed by atoms with E-state index in [0.717, 1.165) is 0 Å². The lowest BCUT2D eigenvalue weighted by Gasteiger charge is -2.42. The first kappa shape index (κ1) is 16.6. The summed E-state index contributed by atoms with van der Waals surface area (Å²) in [5.41, 5.74) is 8.39. The standard InChI is InChI=1S/C9H15N3O8/c10-12-11-5-3(14)1-9(19,8(17)18)20-7(5)6(16)4(15)2-13/h3-7,13-16,19H,1-2H2,(H,17,18)/t3?,4?,5-,6?,7?,9?/m1/s1. The Morgan fingerprint density at radius 3 is 2.60 bits per heavy atom. The van der Waals surface area contributed by atoms with Gasteiger partial charge in [-0.2, -0.15) is 0 Å². The fraction of sp³-hybridized carbons (Fsp3) is 0.889. The third-order valence-electron chi connectivity index (χ3n) is 2.98. The van der Waals surface area contributed by atoms with Crippen molar-refractivity contribution in [2.75, 3.05) is 6.61 Å². The first-order chi connectivity index (χ1) is 9.26. The largest absolute Gasteiger partial charge is 0.477 e. The smallest absolute Gasteiger partial charge is 0.364 e. The molecule has 1 aliphatic rings. The molecule has 1 rings (SSSR count). The third kappa shape index (κ3) is 3.16. The molecule has 1 fully saturated rings. The molecule has 0 aromatic heterocycles.